The Kier molecular flexibility index (Phi) is 7.01. The van der Waals surface area contributed by atoms with Gasteiger partial charge in [0.2, 0.25) is 5.91 Å². The van der Waals surface area contributed by atoms with Crippen molar-refractivity contribution in [2.75, 3.05) is 66.2 Å². The molecular weight excluding hydrogens is 334 g/mol. The topological polar surface area (TPSA) is 63.1 Å². The third-order valence-corrected chi connectivity index (χ3v) is 5.16. The van der Waals surface area contributed by atoms with Crippen LogP contribution in [0.5, 0.6) is 0 Å². The number of carbonyl (C=O) groups excluding carboxylic acids is 1. The molecule has 0 spiro atoms. The molecule has 2 aliphatic rings. The van der Waals surface area contributed by atoms with Gasteiger partial charge in [0.1, 0.15) is 6.61 Å². The predicted molar refractivity (Wildman–Crippen MR) is 97.7 cm³/mol. The molecule has 3 heterocycles. The first-order valence-corrected chi connectivity index (χ1v) is 9.54. The van der Waals surface area contributed by atoms with E-state index in [1.165, 1.54) is 0 Å². The molecule has 1 aromatic heterocycles. The molecule has 0 unspecified atom stereocenters. The van der Waals surface area contributed by atoms with Gasteiger partial charge in [-0.3, -0.25) is 14.4 Å². The number of rotatable bonds is 8. The van der Waals surface area contributed by atoms with E-state index >= 15 is 0 Å². The van der Waals surface area contributed by atoms with E-state index < -0.39 is 0 Å². The molecule has 0 saturated carbocycles. The Morgan fingerprint density at radius 2 is 1.88 bits per heavy atom. The third kappa shape index (κ3) is 5.03. The number of hydrogen-bond donors (Lipinski definition) is 0. The molecule has 26 heavy (non-hydrogen) atoms. The second-order valence-corrected chi connectivity index (χ2v) is 6.92. The van der Waals surface area contributed by atoms with Gasteiger partial charge in [-0.05, 0) is 12.6 Å². The zero-order chi connectivity index (χ0) is 18.4. The Labute approximate surface area is 155 Å². The van der Waals surface area contributed by atoms with E-state index in [0.717, 1.165) is 57.2 Å². The van der Waals surface area contributed by atoms with Gasteiger partial charge in [-0.15, -0.1) is 0 Å². The lowest BCUT2D eigenvalue weighted by molar-refractivity contribution is -0.138. The van der Waals surface area contributed by atoms with Gasteiger partial charge in [-0.25, -0.2) is 0 Å². The van der Waals surface area contributed by atoms with E-state index in [0.29, 0.717) is 26.3 Å². The normalized spacial score (nSPS) is 18.9. The fourth-order valence-electron chi connectivity index (χ4n) is 3.50. The van der Waals surface area contributed by atoms with Gasteiger partial charge < -0.3 is 19.3 Å². The zero-order valence-electron chi connectivity index (χ0n) is 16.0. The number of fused-ring (bicyclic) bond motifs is 1. The molecule has 0 N–H and O–H groups in total. The molecular formula is C18H31N5O3. The number of likely N-dealkylation sites (N-methyl/N-ethyl adjacent to an activating group) is 1. The molecule has 3 rings (SSSR count). The molecule has 8 nitrogen and oxygen atoms in total. The van der Waals surface area contributed by atoms with E-state index in [2.05, 4.69) is 22.8 Å². The number of nitrogens with zero attached hydrogens (tertiary/aromatic N) is 5. The highest BCUT2D eigenvalue weighted by molar-refractivity contribution is 5.77. The third-order valence-electron chi connectivity index (χ3n) is 5.16. The Balaban J connectivity index is 1.48. The molecule has 0 atom stereocenters. The smallest absolute Gasteiger partial charge is 0.248 e. The van der Waals surface area contributed by atoms with Gasteiger partial charge in [-0.2, -0.15) is 5.10 Å². The molecule has 1 amide bonds. The van der Waals surface area contributed by atoms with Crippen LogP contribution < -0.4 is 0 Å². The molecule has 146 valence electrons. The minimum absolute atomic E-state index is 0.0331. The van der Waals surface area contributed by atoms with Crippen molar-refractivity contribution in [1.29, 1.82) is 0 Å². The van der Waals surface area contributed by atoms with Crippen LogP contribution in [0.1, 0.15) is 18.3 Å². The van der Waals surface area contributed by atoms with Crippen LogP contribution in [-0.2, 0) is 33.9 Å². The van der Waals surface area contributed by atoms with Crippen molar-refractivity contribution in [1.82, 2.24) is 24.5 Å². The standard InChI is InChI=1S/C18H31N5O3/c1-3-20-4-6-21(7-5-20)13-16-12-17-14-22(8-9-23(17)19-16)18(24)15-26-11-10-25-2/h12H,3-11,13-15H2,1-2H3. The SMILES string of the molecule is CCN1CCN(Cc2cc3n(n2)CCN(C(=O)COCCOC)C3)CC1. The van der Waals surface area contributed by atoms with E-state index in [9.17, 15) is 4.79 Å². The second-order valence-electron chi connectivity index (χ2n) is 6.92. The highest BCUT2D eigenvalue weighted by Crippen LogP contribution is 2.16. The van der Waals surface area contributed by atoms with Crippen LogP contribution in [0.15, 0.2) is 6.07 Å². The van der Waals surface area contributed by atoms with Crippen molar-refractivity contribution >= 4 is 5.91 Å². The van der Waals surface area contributed by atoms with Crippen LogP contribution in [-0.4, -0.2) is 96.6 Å². The lowest BCUT2D eigenvalue weighted by Gasteiger charge is -2.33. The molecule has 0 aromatic carbocycles. The maximum absolute atomic E-state index is 12.3. The van der Waals surface area contributed by atoms with Gasteiger partial charge in [0, 0.05) is 46.4 Å². The summed E-state index contributed by atoms with van der Waals surface area (Å²) in [5.74, 6) is 0.0331. The molecule has 1 saturated heterocycles. The largest absolute Gasteiger partial charge is 0.382 e. The first kappa shape index (κ1) is 19.3. The zero-order valence-corrected chi connectivity index (χ0v) is 16.0. The first-order chi connectivity index (χ1) is 12.7. The predicted octanol–water partition coefficient (Wildman–Crippen LogP) is 0.0258. The highest BCUT2D eigenvalue weighted by atomic mass is 16.5. The monoisotopic (exact) mass is 365 g/mol. The Morgan fingerprint density at radius 1 is 1.12 bits per heavy atom. The van der Waals surface area contributed by atoms with Crippen molar-refractivity contribution in [3.63, 3.8) is 0 Å². The molecule has 0 aliphatic carbocycles. The maximum Gasteiger partial charge on any atom is 0.248 e. The van der Waals surface area contributed by atoms with Crippen molar-refractivity contribution in [2.24, 2.45) is 0 Å². The quantitative estimate of drug-likeness (QED) is 0.606. The van der Waals surface area contributed by atoms with Crippen molar-refractivity contribution < 1.29 is 14.3 Å². The van der Waals surface area contributed by atoms with Gasteiger partial charge >= 0.3 is 0 Å². The summed E-state index contributed by atoms with van der Waals surface area (Å²) in [6.07, 6.45) is 0. The molecule has 2 aliphatic heterocycles. The summed E-state index contributed by atoms with van der Waals surface area (Å²) in [4.78, 5) is 19.1. The highest BCUT2D eigenvalue weighted by Gasteiger charge is 2.23. The molecule has 0 radical (unpaired) electrons. The summed E-state index contributed by atoms with van der Waals surface area (Å²) in [6.45, 7) is 11.8. The fraction of sp³-hybridized carbons (Fsp3) is 0.778. The summed E-state index contributed by atoms with van der Waals surface area (Å²) < 4.78 is 12.3. The van der Waals surface area contributed by atoms with Gasteiger partial charge in [0.15, 0.2) is 0 Å². The number of ether oxygens (including phenoxy) is 2. The lowest BCUT2D eigenvalue weighted by Crippen LogP contribution is -2.45. The number of piperazine rings is 1. The maximum atomic E-state index is 12.3. The summed E-state index contributed by atoms with van der Waals surface area (Å²) in [5, 5.41) is 4.74. The van der Waals surface area contributed by atoms with Crippen molar-refractivity contribution in [2.45, 2.75) is 26.6 Å². The minimum atomic E-state index is 0.0331. The van der Waals surface area contributed by atoms with E-state index in [1.54, 1.807) is 7.11 Å². The average Bonchev–Trinajstić information content (AvgIpc) is 3.07. The fourth-order valence-corrected chi connectivity index (χ4v) is 3.50. The number of methoxy groups -OCH3 is 1. The van der Waals surface area contributed by atoms with Gasteiger partial charge in [0.25, 0.3) is 0 Å². The summed E-state index contributed by atoms with van der Waals surface area (Å²) in [5.41, 5.74) is 2.22. The van der Waals surface area contributed by atoms with Crippen LogP contribution >= 0.6 is 0 Å². The van der Waals surface area contributed by atoms with Crippen molar-refractivity contribution in [3.8, 4) is 0 Å². The van der Waals surface area contributed by atoms with Crippen LogP contribution in [0.2, 0.25) is 0 Å². The molecule has 1 fully saturated rings. The molecule has 8 heteroatoms. The number of hydrogen-bond acceptors (Lipinski definition) is 6. The first-order valence-electron chi connectivity index (χ1n) is 9.54. The van der Waals surface area contributed by atoms with Crippen molar-refractivity contribution in [3.05, 3.63) is 17.5 Å². The number of aromatic nitrogens is 2. The van der Waals surface area contributed by atoms with E-state index in [1.807, 2.05) is 9.58 Å². The second kappa shape index (κ2) is 9.45. The van der Waals surface area contributed by atoms with Crippen LogP contribution in [0.25, 0.3) is 0 Å². The number of carbonyl (C=O) groups is 1. The Bertz CT molecular complexity index is 583. The Morgan fingerprint density at radius 3 is 2.62 bits per heavy atom. The summed E-state index contributed by atoms with van der Waals surface area (Å²) in [7, 11) is 1.62. The van der Waals surface area contributed by atoms with Crippen LogP contribution in [0, 0.1) is 0 Å². The summed E-state index contributed by atoms with van der Waals surface area (Å²) >= 11 is 0. The minimum Gasteiger partial charge on any atom is -0.382 e. The number of amides is 1. The molecule has 0 bridgehead atoms. The van der Waals surface area contributed by atoms with E-state index in [4.69, 9.17) is 14.6 Å². The van der Waals surface area contributed by atoms with Gasteiger partial charge in [0.05, 0.1) is 37.7 Å². The molecule has 1 aromatic rings. The van der Waals surface area contributed by atoms with Crippen LogP contribution in [0.4, 0.5) is 0 Å². The lowest BCUT2D eigenvalue weighted by atomic mass is 10.2. The Hall–Kier alpha value is -1.48. The van der Waals surface area contributed by atoms with E-state index in [-0.39, 0.29) is 12.5 Å². The van der Waals surface area contributed by atoms with Crippen LogP contribution in [0.3, 0.4) is 0 Å². The summed E-state index contributed by atoms with van der Waals surface area (Å²) in [6, 6.07) is 2.15. The average molecular weight is 365 g/mol. The van der Waals surface area contributed by atoms with Gasteiger partial charge in [-0.1, -0.05) is 6.92 Å².